The van der Waals surface area contributed by atoms with Crippen molar-refractivity contribution in [3.05, 3.63) is 0 Å². The summed E-state index contributed by atoms with van der Waals surface area (Å²) < 4.78 is 0. The molecule has 0 spiro atoms. The molecule has 0 fully saturated rings. The second-order valence-electron chi connectivity index (χ2n) is 7.46. The number of rotatable bonds is 19. The molecule has 0 aromatic heterocycles. The summed E-state index contributed by atoms with van der Waals surface area (Å²) >= 11 is 0. The number of hydrogen-bond acceptors (Lipinski definition) is 3. The summed E-state index contributed by atoms with van der Waals surface area (Å²) in [7, 11) is 0. The Labute approximate surface area is 193 Å². The molecule has 0 radical (unpaired) electrons. The first-order chi connectivity index (χ1) is 13.0. The van der Waals surface area contributed by atoms with Gasteiger partial charge in [-0.3, -0.25) is 9.59 Å². The van der Waals surface area contributed by atoms with Crippen molar-refractivity contribution in [3.63, 3.8) is 0 Å². The van der Waals surface area contributed by atoms with Gasteiger partial charge in [-0.1, -0.05) is 84.0 Å². The molecule has 4 N–H and O–H groups in total. The number of carbonyl (C=O) groups is 3. The Balaban J connectivity index is 0. The Hall–Kier alpha value is -0.590. The van der Waals surface area contributed by atoms with Crippen molar-refractivity contribution in [2.24, 2.45) is 5.73 Å². The Morgan fingerprint density at radius 1 is 0.786 bits per heavy atom. The number of carboxylic acid groups (broad SMARTS) is 1. The van der Waals surface area contributed by atoms with Gasteiger partial charge >= 0.3 is 35.5 Å². The first-order valence-electron chi connectivity index (χ1n) is 10.8. The van der Waals surface area contributed by atoms with E-state index in [1.165, 1.54) is 64.2 Å². The minimum atomic E-state index is -1.13. The van der Waals surface area contributed by atoms with E-state index < -0.39 is 17.9 Å². The third-order valence-corrected chi connectivity index (χ3v) is 4.82. The summed E-state index contributed by atoms with van der Waals surface area (Å²) in [5.74, 6) is -1.96. The van der Waals surface area contributed by atoms with Crippen LogP contribution in [0.2, 0.25) is 0 Å². The monoisotopic (exact) mass is 408 g/mol. The fourth-order valence-corrected chi connectivity index (χ4v) is 3.11. The van der Waals surface area contributed by atoms with Gasteiger partial charge in [-0.15, -0.1) is 0 Å². The molecule has 160 valence electrons. The normalized spacial score (nSPS) is 11.5. The molecule has 0 unspecified atom stereocenters. The molecule has 2 amide bonds. The molecule has 0 aliphatic rings. The van der Waals surface area contributed by atoms with Crippen molar-refractivity contribution >= 4 is 47.3 Å². The Morgan fingerprint density at radius 3 is 1.61 bits per heavy atom. The minimum absolute atomic E-state index is 0. The van der Waals surface area contributed by atoms with E-state index >= 15 is 0 Å². The zero-order valence-electron chi connectivity index (χ0n) is 17.1. The summed E-state index contributed by atoms with van der Waals surface area (Å²) in [5.41, 5.74) is 5.02. The maximum atomic E-state index is 11.8. The van der Waals surface area contributed by atoms with Gasteiger partial charge in [0.05, 0.1) is 0 Å². The van der Waals surface area contributed by atoms with E-state index in [2.05, 4.69) is 12.2 Å². The van der Waals surface area contributed by atoms with Crippen molar-refractivity contribution in [2.45, 2.75) is 116 Å². The van der Waals surface area contributed by atoms with Gasteiger partial charge in [0.25, 0.3) is 0 Å². The first kappa shape index (κ1) is 29.6. The number of hydrogen-bond donors (Lipinski definition) is 3. The number of carboxylic acids is 1. The van der Waals surface area contributed by atoms with Gasteiger partial charge in [0, 0.05) is 12.8 Å². The number of carbonyl (C=O) groups excluding carboxylic acids is 2. The van der Waals surface area contributed by atoms with Crippen LogP contribution in [0.4, 0.5) is 0 Å². The van der Waals surface area contributed by atoms with Crippen molar-refractivity contribution in [1.82, 2.24) is 5.32 Å². The molecule has 7 heteroatoms. The van der Waals surface area contributed by atoms with Gasteiger partial charge in [0.1, 0.15) is 6.04 Å². The zero-order valence-corrected chi connectivity index (χ0v) is 17.1. The fraction of sp³-hybridized carbons (Fsp3) is 0.857. The molecule has 0 heterocycles. The van der Waals surface area contributed by atoms with E-state index in [9.17, 15) is 14.4 Å². The average Bonchev–Trinajstić information content (AvgIpc) is 2.62. The quantitative estimate of drug-likeness (QED) is 0.224. The molecule has 0 aromatic carbocycles. The van der Waals surface area contributed by atoms with Crippen LogP contribution in [0, 0.1) is 0 Å². The summed E-state index contributed by atoms with van der Waals surface area (Å²) in [6.07, 6.45) is 16.4. The van der Waals surface area contributed by atoms with Crippen molar-refractivity contribution in [3.8, 4) is 0 Å². The molecule has 0 aliphatic heterocycles. The SMILES string of the molecule is CCCCCCCCCCCCCCCC(=O)N[C@@H](CCC(N)=O)C(=O)O.[NaH]. The molecule has 6 nitrogen and oxygen atoms in total. The first-order valence-corrected chi connectivity index (χ1v) is 10.8. The number of primary amides is 1. The van der Waals surface area contributed by atoms with Crippen molar-refractivity contribution < 1.29 is 19.5 Å². The van der Waals surface area contributed by atoms with Gasteiger partial charge < -0.3 is 16.2 Å². The third kappa shape index (κ3) is 20.2. The predicted octanol–water partition coefficient (Wildman–Crippen LogP) is 3.65. The summed E-state index contributed by atoms with van der Waals surface area (Å²) in [5, 5.41) is 11.5. The molecule has 0 saturated carbocycles. The molecule has 0 rings (SSSR count). The molecule has 0 bridgehead atoms. The van der Waals surface area contributed by atoms with Crippen LogP contribution in [0.3, 0.4) is 0 Å². The van der Waals surface area contributed by atoms with Gasteiger partial charge in [0.2, 0.25) is 11.8 Å². The van der Waals surface area contributed by atoms with Gasteiger partial charge in [-0.05, 0) is 12.8 Å². The number of nitrogens with one attached hydrogen (secondary N) is 1. The number of unbranched alkanes of at least 4 members (excludes halogenated alkanes) is 12. The van der Waals surface area contributed by atoms with Crippen LogP contribution in [0.1, 0.15) is 110 Å². The number of aliphatic carboxylic acids is 1. The molecule has 0 aromatic rings. The Bertz CT molecular complexity index is 419. The molecule has 28 heavy (non-hydrogen) atoms. The zero-order chi connectivity index (χ0) is 20.3. The second-order valence-corrected chi connectivity index (χ2v) is 7.46. The van der Waals surface area contributed by atoms with Crippen LogP contribution >= 0.6 is 0 Å². The predicted molar refractivity (Wildman–Crippen MR) is 115 cm³/mol. The van der Waals surface area contributed by atoms with E-state index in [1.807, 2.05) is 0 Å². The number of nitrogens with two attached hydrogens (primary N) is 1. The second kappa shape index (κ2) is 21.1. The van der Waals surface area contributed by atoms with Gasteiger partial charge in [0.15, 0.2) is 0 Å². The standard InChI is InChI=1S/C21H40N2O4.Na.H/c1-2-3-4-5-6-7-8-9-10-11-12-13-14-15-20(25)23-18(21(26)27)16-17-19(22)24;;/h18H,2-17H2,1H3,(H2,22,24)(H,23,25)(H,26,27);;/t18-;;/m0../s1. The van der Waals surface area contributed by atoms with E-state index in [0.717, 1.165) is 19.3 Å². The Morgan fingerprint density at radius 2 is 1.21 bits per heavy atom. The van der Waals surface area contributed by atoms with Crippen molar-refractivity contribution in [1.29, 1.82) is 0 Å². The fourth-order valence-electron chi connectivity index (χ4n) is 3.11. The molecular formula is C21H41N2NaO4. The summed E-state index contributed by atoms with van der Waals surface area (Å²) in [6, 6.07) is -1.04. The van der Waals surface area contributed by atoms with Crippen molar-refractivity contribution in [2.75, 3.05) is 0 Å². The van der Waals surface area contributed by atoms with Crippen LogP contribution in [0.5, 0.6) is 0 Å². The summed E-state index contributed by atoms with van der Waals surface area (Å²) in [4.78, 5) is 33.6. The molecular weight excluding hydrogens is 367 g/mol. The molecule has 1 atom stereocenters. The van der Waals surface area contributed by atoms with E-state index in [0.29, 0.717) is 6.42 Å². The van der Waals surface area contributed by atoms with Gasteiger partial charge in [-0.2, -0.15) is 0 Å². The summed E-state index contributed by atoms with van der Waals surface area (Å²) in [6.45, 7) is 2.24. The topological polar surface area (TPSA) is 109 Å². The van der Waals surface area contributed by atoms with Gasteiger partial charge in [-0.25, -0.2) is 4.79 Å². The van der Waals surface area contributed by atoms with Crippen LogP contribution in [-0.2, 0) is 14.4 Å². The van der Waals surface area contributed by atoms with E-state index in [1.54, 1.807) is 0 Å². The van der Waals surface area contributed by atoms with Crippen LogP contribution in [0.15, 0.2) is 0 Å². The molecule has 0 aliphatic carbocycles. The van der Waals surface area contributed by atoms with Crippen LogP contribution < -0.4 is 11.1 Å². The Kier molecular flexibility index (Phi) is 22.3. The van der Waals surface area contributed by atoms with Crippen LogP contribution in [0.25, 0.3) is 0 Å². The van der Waals surface area contributed by atoms with E-state index in [-0.39, 0.29) is 48.3 Å². The van der Waals surface area contributed by atoms with Crippen LogP contribution in [-0.4, -0.2) is 58.5 Å². The average molecular weight is 409 g/mol. The third-order valence-electron chi connectivity index (χ3n) is 4.82. The maximum absolute atomic E-state index is 11.8. The van der Waals surface area contributed by atoms with E-state index in [4.69, 9.17) is 10.8 Å². The molecule has 0 saturated heterocycles. The number of amides is 2.